The summed E-state index contributed by atoms with van der Waals surface area (Å²) in [5, 5.41) is 0. The molecule has 3 nitrogen and oxygen atoms in total. The number of ether oxygens (including phenoxy) is 1. The molecular formula is C22H29NO2. The predicted molar refractivity (Wildman–Crippen MR) is 102 cm³/mol. The zero-order chi connectivity index (χ0) is 17.7. The summed E-state index contributed by atoms with van der Waals surface area (Å²) in [6.07, 6.45) is 7.02. The number of aliphatic imine (C=N–C) groups is 1. The van der Waals surface area contributed by atoms with Crippen molar-refractivity contribution in [3.63, 3.8) is 0 Å². The minimum Gasteiger partial charge on any atom is -0.463 e. The number of hydrogen-bond donors (Lipinski definition) is 0. The molecule has 1 aromatic heterocycles. The summed E-state index contributed by atoms with van der Waals surface area (Å²) in [5.41, 5.74) is 2.89. The van der Waals surface area contributed by atoms with Crippen molar-refractivity contribution in [2.24, 2.45) is 10.9 Å². The van der Waals surface area contributed by atoms with Gasteiger partial charge in [0.25, 0.3) is 0 Å². The maximum Gasteiger partial charge on any atom is 0.144 e. The summed E-state index contributed by atoms with van der Waals surface area (Å²) in [4.78, 5) is 4.61. The average molecular weight is 339 g/mol. The molecule has 3 heteroatoms. The lowest BCUT2D eigenvalue weighted by molar-refractivity contribution is -0.0464. The Hall–Kier alpha value is -1.87. The third kappa shape index (κ3) is 4.40. The van der Waals surface area contributed by atoms with E-state index >= 15 is 0 Å². The van der Waals surface area contributed by atoms with E-state index in [4.69, 9.17) is 9.15 Å². The van der Waals surface area contributed by atoms with Crippen LogP contribution in [0.15, 0.2) is 52.1 Å². The molecule has 134 valence electrons. The van der Waals surface area contributed by atoms with Gasteiger partial charge >= 0.3 is 0 Å². The Kier molecular flexibility index (Phi) is 5.74. The second kappa shape index (κ2) is 8.01. The average Bonchev–Trinajstić information content (AvgIpc) is 3.13. The van der Waals surface area contributed by atoms with E-state index in [1.165, 1.54) is 11.1 Å². The molecule has 0 amide bonds. The lowest BCUT2D eigenvalue weighted by Crippen LogP contribution is -2.41. The number of aryl methyl sites for hydroxylation is 1. The van der Waals surface area contributed by atoms with Gasteiger partial charge in [0.15, 0.2) is 0 Å². The van der Waals surface area contributed by atoms with Gasteiger partial charge in [-0.2, -0.15) is 0 Å². The van der Waals surface area contributed by atoms with Crippen molar-refractivity contribution >= 4 is 6.21 Å². The number of furan rings is 1. The topological polar surface area (TPSA) is 34.7 Å². The molecule has 1 aliphatic rings. The molecule has 1 aliphatic heterocycles. The van der Waals surface area contributed by atoms with Crippen LogP contribution < -0.4 is 0 Å². The molecule has 0 N–H and O–H groups in total. The van der Waals surface area contributed by atoms with Gasteiger partial charge in [-0.05, 0) is 49.8 Å². The summed E-state index contributed by atoms with van der Waals surface area (Å²) < 4.78 is 11.4. The fourth-order valence-corrected chi connectivity index (χ4v) is 3.72. The van der Waals surface area contributed by atoms with E-state index in [1.54, 1.807) is 6.26 Å². The van der Waals surface area contributed by atoms with Crippen LogP contribution in [0.2, 0.25) is 0 Å². The van der Waals surface area contributed by atoms with Crippen molar-refractivity contribution in [1.29, 1.82) is 0 Å². The van der Waals surface area contributed by atoms with Gasteiger partial charge in [0.2, 0.25) is 0 Å². The molecular weight excluding hydrogens is 310 g/mol. The first-order valence-electron chi connectivity index (χ1n) is 9.31. The molecule has 3 rings (SSSR count). The van der Waals surface area contributed by atoms with Crippen molar-refractivity contribution in [3.05, 3.63) is 59.5 Å². The Labute approximate surface area is 151 Å². The molecule has 0 saturated carbocycles. The predicted octanol–water partition coefficient (Wildman–Crippen LogP) is 5.17. The van der Waals surface area contributed by atoms with Crippen LogP contribution in [0.25, 0.3) is 0 Å². The van der Waals surface area contributed by atoms with Crippen molar-refractivity contribution < 1.29 is 9.15 Å². The first-order chi connectivity index (χ1) is 12.1. The van der Waals surface area contributed by atoms with Gasteiger partial charge in [-0.15, -0.1) is 0 Å². The molecule has 0 unspecified atom stereocenters. The largest absolute Gasteiger partial charge is 0.463 e. The highest BCUT2D eigenvalue weighted by Crippen LogP contribution is 2.42. The van der Waals surface area contributed by atoms with E-state index in [-0.39, 0.29) is 5.41 Å². The molecule has 2 aromatic rings. The maximum absolute atomic E-state index is 6.05. The summed E-state index contributed by atoms with van der Waals surface area (Å²) in [5.74, 6) is 1.35. The van der Waals surface area contributed by atoms with Crippen LogP contribution in [-0.4, -0.2) is 25.5 Å². The molecule has 1 saturated heterocycles. The highest BCUT2D eigenvalue weighted by Gasteiger charge is 2.39. The molecule has 0 bridgehead atoms. The Bertz CT molecular complexity index is 673. The molecule has 1 fully saturated rings. The van der Waals surface area contributed by atoms with Crippen LogP contribution in [0.5, 0.6) is 0 Å². The van der Waals surface area contributed by atoms with Crippen molar-refractivity contribution in [2.75, 3.05) is 13.2 Å². The van der Waals surface area contributed by atoms with Crippen LogP contribution in [0.3, 0.4) is 0 Å². The van der Waals surface area contributed by atoms with Gasteiger partial charge in [-0.25, -0.2) is 0 Å². The first kappa shape index (κ1) is 17.9. The van der Waals surface area contributed by atoms with Crippen LogP contribution in [0, 0.1) is 12.8 Å². The highest BCUT2D eigenvalue weighted by atomic mass is 16.5. The lowest BCUT2D eigenvalue weighted by Gasteiger charge is -2.43. The summed E-state index contributed by atoms with van der Waals surface area (Å²) in [6.45, 7) is 8.29. The third-order valence-electron chi connectivity index (χ3n) is 5.39. The summed E-state index contributed by atoms with van der Waals surface area (Å²) in [7, 11) is 0. The minimum absolute atomic E-state index is 0.154. The van der Waals surface area contributed by atoms with E-state index in [1.807, 2.05) is 18.3 Å². The highest BCUT2D eigenvalue weighted by molar-refractivity contribution is 5.75. The SMILES string of the molecule is Cc1ccc([C@]2(CCN=Cc3ccco3)CCO[C@@H](C(C)C)C2)cc1. The van der Waals surface area contributed by atoms with E-state index in [9.17, 15) is 0 Å². The number of benzene rings is 1. The van der Waals surface area contributed by atoms with Gasteiger partial charge in [0, 0.05) is 18.6 Å². The van der Waals surface area contributed by atoms with E-state index in [0.29, 0.717) is 12.0 Å². The smallest absolute Gasteiger partial charge is 0.144 e. The van der Waals surface area contributed by atoms with Crippen LogP contribution in [0.1, 0.15) is 50.0 Å². The second-order valence-corrected chi connectivity index (χ2v) is 7.55. The summed E-state index contributed by atoms with van der Waals surface area (Å²) in [6, 6.07) is 12.9. The van der Waals surface area contributed by atoms with Crippen LogP contribution in [0.4, 0.5) is 0 Å². The normalized spacial score (nSPS) is 24.2. The number of hydrogen-bond acceptors (Lipinski definition) is 3. The monoisotopic (exact) mass is 339 g/mol. The molecule has 0 aliphatic carbocycles. The number of rotatable bonds is 6. The van der Waals surface area contributed by atoms with Gasteiger partial charge in [-0.3, -0.25) is 4.99 Å². The molecule has 0 spiro atoms. The summed E-state index contributed by atoms with van der Waals surface area (Å²) >= 11 is 0. The molecule has 2 heterocycles. The van der Waals surface area contributed by atoms with E-state index < -0.39 is 0 Å². The fourth-order valence-electron chi connectivity index (χ4n) is 3.72. The minimum atomic E-state index is 0.154. The second-order valence-electron chi connectivity index (χ2n) is 7.55. The fraction of sp³-hybridized carbons (Fsp3) is 0.500. The molecule has 0 radical (unpaired) electrons. The Morgan fingerprint density at radius 2 is 2.04 bits per heavy atom. The molecule has 1 aromatic carbocycles. The standard InChI is InChI=1S/C22H29NO2/c1-17(2)21-15-22(11-14-25-21,19-8-6-18(3)7-9-19)10-12-23-16-20-5-4-13-24-20/h4-9,13,16-17,21H,10-12,14-15H2,1-3H3/t21-,22-/m1/s1. The third-order valence-corrected chi connectivity index (χ3v) is 5.39. The van der Waals surface area contributed by atoms with Crippen molar-refractivity contribution in [1.82, 2.24) is 0 Å². The van der Waals surface area contributed by atoms with Gasteiger partial charge in [-0.1, -0.05) is 43.7 Å². The van der Waals surface area contributed by atoms with Crippen LogP contribution in [-0.2, 0) is 10.2 Å². The van der Waals surface area contributed by atoms with Crippen molar-refractivity contribution in [3.8, 4) is 0 Å². The van der Waals surface area contributed by atoms with Gasteiger partial charge in [0.05, 0.1) is 18.6 Å². The first-order valence-corrected chi connectivity index (χ1v) is 9.31. The molecule has 2 atom stereocenters. The van der Waals surface area contributed by atoms with Gasteiger partial charge < -0.3 is 9.15 Å². The zero-order valence-electron chi connectivity index (χ0n) is 15.6. The quantitative estimate of drug-likeness (QED) is 0.681. The maximum atomic E-state index is 6.05. The van der Waals surface area contributed by atoms with Crippen LogP contribution >= 0.6 is 0 Å². The lowest BCUT2D eigenvalue weighted by atomic mass is 9.68. The Morgan fingerprint density at radius 3 is 2.72 bits per heavy atom. The van der Waals surface area contributed by atoms with E-state index in [0.717, 1.165) is 38.2 Å². The Morgan fingerprint density at radius 1 is 1.24 bits per heavy atom. The van der Waals surface area contributed by atoms with E-state index in [2.05, 4.69) is 50.0 Å². The zero-order valence-corrected chi connectivity index (χ0v) is 15.6. The number of nitrogens with zero attached hydrogens (tertiary/aromatic N) is 1. The van der Waals surface area contributed by atoms with Gasteiger partial charge in [0.1, 0.15) is 5.76 Å². The van der Waals surface area contributed by atoms with Crippen molar-refractivity contribution in [2.45, 2.75) is 51.6 Å². The molecule has 25 heavy (non-hydrogen) atoms. The Balaban J connectivity index is 1.77.